The summed E-state index contributed by atoms with van der Waals surface area (Å²) < 4.78 is 6.65. The van der Waals surface area contributed by atoms with Crippen molar-refractivity contribution in [1.82, 2.24) is 4.98 Å². The second kappa shape index (κ2) is 5.97. The average molecular weight is 320 g/mol. The molecule has 0 spiro atoms. The van der Waals surface area contributed by atoms with Gasteiger partial charge < -0.3 is 4.74 Å². The van der Waals surface area contributed by atoms with Crippen molar-refractivity contribution in [2.45, 2.75) is 20.5 Å². The highest BCUT2D eigenvalue weighted by Crippen LogP contribution is 2.22. The van der Waals surface area contributed by atoms with Crippen LogP contribution in [0.5, 0.6) is 5.75 Å². The molecule has 3 nitrogen and oxygen atoms in total. The van der Waals surface area contributed by atoms with Crippen LogP contribution in [0.25, 0.3) is 0 Å². The van der Waals surface area contributed by atoms with Crippen LogP contribution < -0.4 is 4.74 Å². The Hall–Kier alpha value is -1.68. The molecule has 1 heterocycles. The van der Waals surface area contributed by atoms with Crippen LogP contribution in [0.15, 0.2) is 41.1 Å². The molecule has 0 saturated heterocycles. The zero-order valence-corrected chi connectivity index (χ0v) is 12.4. The van der Waals surface area contributed by atoms with Crippen LogP contribution in [0.1, 0.15) is 28.4 Å². The Bertz CT molecular complexity index is 611. The highest BCUT2D eigenvalue weighted by Gasteiger charge is 2.09. The maximum Gasteiger partial charge on any atom is 0.163 e. The first-order chi connectivity index (χ1) is 9.06. The van der Waals surface area contributed by atoms with Crippen LogP contribution in [0.3, 0.4) is 0 Å². The Kier molecular flexibility index (Phi) is 4.32. The first-order valence-corrected chi connectivity index (χ1v) is 6.69. The number of benzene rings is 1. The van der Waals surface area contributed by atoms with Crippen molar-refractivity contribution < 1.29 is 9.53 Å². The van der Waals surface area contributed by atoms with Gasteiger partial charge in [0, 0.05) is 22.4 Å². The number of aryl methyl sites for hydroxylation is 1. The van der Waals surface area contributed by atoms with E-state index in [1.165, 1.54) is 6.92 Å². The second-order valence-electron chi connectivity index (χ2n) is 4.36. The summed E-state index contributed by atoms with van der Waals surface area (Å²) in [6.45, 7) is 3.89. The molecule has 1 aromatic carbocycles. The number of ketones is 1. The Morgan fingerprint density at radius 2 is 2.11 bits per heavy atom. The van der Waals surface area contributed by atoms with E-state index in [4.69, 9.17) is 4.74 Å². The van der Waals surface area contributed by atoms with Gasteiger partial charge in [-0.25, -0.2) is 0 Å². The van der Waals surface area contributed by atoms with Crippen molar-refractivity contribution >= 4 is 21.7 Å². The molecule has 0 fully saturated rings. The third-order valence-electron chi connectivity index (χ3n) is 2.67. The number of hydrogen-bond acceptors (Lipinski definition) is 3. The molecule has 0 saturated carbocycles. The Labute approximate surface area is 120 Å². The molecule has 0 N–H and O–H groups in total. The number of Topliss-reactive ketones (excluding diaryl/α,β-unsaturated/α-hetero) is 1. The van der Waals surface area contributed by atoms with Gasteiger partial charge in [-0.2, -0.15) is 0 Å². The summed E-state index contributed by atoms with van der Waals surface area (Å²) in [5.41, 5.74) is 2.62. The minimum Gasteiger partial charge on any atom is -0.488 e. The van der Waals surface area contributed by atoms with Crippen LogP contribution in [0.2, 0.25) is 0 Å². The standard InChI is InChI=1S/C15H14BrNO2/c1-10-3-4-14(11(2)18)15(5-10)19-9-12-6-13(16)8-17-7-12/h3-8H,9H2,1-2H3. The second-order valence-corrected chi connectivity index (χ2v) is 5.27. The van der Waals surface area contributed by atoms with Gasteiger partial charge >= 0.3 is 0 Å². The minimum atomic E-state index is 0.00219. The summed E-state index contributed by atoms with van der Waals surface area (Å²) in [6.07, 6.45) is 3.46. The van der Waals surface area contributed by atoms with E-state index < -0.39 is 0 Å². The molecule has 2 aromatic rings. The lowest BCUT2D eigenvalue weighted by atomic mass is 10.1. The zero-order valence-electron chi connectivity index (χ0n) is 10.8. The Morgan fingerprint density at radius 3 is 2.79 bits per heavy atom. The van der Waals surface area contributed by atoms with E-state index in [1.54, 1.807) is 18.5 Å². The maximum atomic E-state index is 11.5. The first-order valence-electron chi connectivity index (χ1n) is 5.90. The molecule has 0 radical (unpaired) electrons. The van der Waals surface area contributed by atoms with E-state index in [9.17, 15) is 4.79 Å². The van der Waals surface area contributed by atoms with Crippen molar-refractivity contribution in [2.75, 3.05) is 0 Å². The van der Waals surface area contributed by atoms with Gasteiger partial charge in [-0.1, -0.05) is 6.07 Å². The quantitative estimate of drug-likeness (QED) is 0.801. The number of carbonyl (C=O) groups is 1. The van der Waals surface area contributed by atoms with Gasteiger partial charge in [0.15, 0.2) is 5.78 Å². The lowest BCUT2D eigenvalue weighted by Gasteiger charge is -2.10. The molecule has 0 bridgehead atoms. The summed E-state index contributed by atoms with van der Waals surface area (Å²) >= 11 is 3.37. The fourth-order valence-corrected chi connectivity index (χ4v) is 2.15. The van der Waals surface area contributed by atoms with Crippen LogP contribution >= 0.6 is 15.9 Å². The van der Waals surface area contributed by atoms with Crippen molar-refractivity contribution in [3.63, 3.8) is 0 Å². The molecule has 4 heteroatoms. The van der Waals surface area contributed by atoms with Crippen molar-refractivity contribution in [1.29, 1.82) is 0 Å². The predicted octanol–water partition coefficient (Wildman–Crippen LogP) is 3.93. The van der Waals surface area contributed by atoms with Gasteiger partial charge in [-0.15, -0.1) is 0 Å². The Morgan fingerprint density at radius 1 is 1.32 bits per heavy atom. The normalized spacial score (nSPS) is 10.3. The largest absolute Gasteiger partial charge is 0.488 e. The van der Waals surface area contributed by atoms with E-state index >= 15 is 0 Å². The van der Waals surface area contributed by atoms with E-state index in [0.717, 1.165) is 15.6 Å². The molecule has 0 aliphatic carbocycles. The average Bonchev–Trinajstić information content (AvgIpc) is 2.36. The van der Waals surface area contributed by atoms with Crippen LogP contribution in [0.4, 0.5) is 0 Å². The number of pyridine rings is 1. The van der Waals surface area contributed by atoms with Gasteiger partial charge in [-0.05, 0) is 53.5 Å². The molecule has 19 heavy (non-hydrogen) atoms. The topological polar surface area (TPSA) is 39.2 Å². The van der Waals surface area contributed by atoms with E-state index in [1.807, 2.05) is 25.1 Å². The highest BCUT2D eigenvalue weighted by atomic mass is 79.9. The molecule has 0 atom stereocenters. The number of nitrogens with zero attached hydrogens (tertiary/aromatic N) is 1. The SMILES string of the molecule is CC(=O)c1ccc(C)cc1OCc1cncc(Br)c1. The molecular formula is C15H14BrNO2. The fourth-order valence-electron chi connectivity index (χ4n) is 1.74. The Balaban J connectivity index is 2.19. The predicted molar refractivity (Wildman–Crippen MR) is 77.5 cm³/mol. The maximum absolute atomic E-state index is 11.5. The molecule has 0 unspecified atom stereocenters. The summed E-state index contributed by atoms with van der Waals surface area (Å²) in [5.74, 6) is 0.620. The lowest BCUT2D eigenvalue weighted by Crippen LogP contribution is -2.02. The number of rotatable bonds is 4. The first kappa shape index (κ1) is 13.7. The smallest absolute Gasteiger partial charge is 0.163 e. The van der Waals surface area contributed by atoms with Gasteiger partial charge in [0.05, 0.1) is 5.56 Å². The van der Waals surface area contributed by atoms with Gasteiger partial charge in [0.25, 0.3) is 0 Å². The van der Waals surface area contributed by atoms with Gasteiger partial charge in [-0.3, -0.25) is 9.78 Å². The lowest BCUT2D eigenvalue weighted by molar-refractivity contribution is 0.101. The minimum absolute atomic E-state index is 0.00219. The highest BCUT2D eigenvalue weighted by molar-refractivity contribution is 9.10. The van der Waals surface area contributed by atoms with Gasteiger partial charge in [0.1, 0.15) is 12.4 Å². The molecule has 1 aromatic heterocycles. The molecule has 98 valence electrons. The third-order valence-corrected chi connectivity index (χ3v) is 3.11. The summed E-state index contributed by atoms with van der Waals surface area (Å²) in [5, 5.41) is 0. The number of carbonyl (C=O) groups excluding carboxylic acids is 1. The number of halogens is 1. The van der Waals surface area contributed by atoms with E-state index in [2.05, 4.69) is 20.9 Å². The summed E-state index contributed by atoms with van der Waals surface area (Å²) in [4.78, 5) is 15.6. The van der Waals surface area contributed by atoms with Crippen LogP contribution in [0, 0.1) is 6.92 Å². The van der Waals surface area contributed by atoms with E-state index in [0.29, 0.717) is 17.9 Å². The fraction of sp³-hybridized carbons (Fsp3) is 0.200. The monoisotopic (exact) mass is 319 g/mol. The van der Waals surface area contributed by atoms with Crippen molar-refractivity contribution in [2.24, 2.45) is 0 Å². The summed E-state index contributed by atoms with van der Waals surface area (Å²) in [6, 6.07) is 7.52. The van der Waals surface area contributed by atoms with E-state index in [-0.39, 0.29) is 5.78 Å². The molecule has 0 amide bonds. The molecule has 0 aliphatic rings. The summed E-state index contributed by atoms with van der Waals surface area (Å²) in [7, 11) is 0. The van der Waals surface area contributed by atoms with Crippen molar-refractivity contribution in [3.05, 3.63) is 57.8 Å². The molecule has 2 rings (SSSR count). The number of aromatic nitrogens is 1. The number of hydrogen-bond donors (Lipinski definition) is 0. The molecule has 0 aliphatic heterocycles. The molecular weight excluding hydrogens is 306 g/mol. The van der Waals surface area contributed by atoms with Gasteiger partial charge in [0.2, 0.25) is 0 Å². The van der Waals surface area contributed by atoms with Crippen LogP contribution in [-0.2, 0) is 6.61 Å². The zero-order chi connectivity index (χ0) is 13.8. The third kappa shape index (κ3) is 3.64. The van der Waals surface area contributed by atoms with Crippen LogP contribution in [-0.4, -0.2) is 10.8 Å². The van der Waals surface area contributed by atoms with Crippen molar-refractivity contribution in [3.8, 4) is 5.75 Å². The number of ether oxygens (including phenoxy) is 1.